The fourth-order valence-electron chi connectivity index (χ4n) is 3.33. The first-order valence-electron chi connectivity index (χ1n) is 12.2. The number of carbonyl (C=O) groups excluding carboxylic acids is 1. The topological polar surface area (TPSA) is 55.8 Å². The van der Waals surface area contributed by atoms with Crippen molar-refractivity contribution in [2.45, 2.75) is 122 Å². The van der Waals surface area contributed by atoms with E-state index in [4.69, 9.17) is 14.6 Å². The summed E-state index contributed by atoms with van der Waals surface area (Å²) in [7, 11) is 0. The highest BCUT2D eigenvalue weighted by molar-refractivity contribution is 5.69. The quantitative estimate of drug-likeness (QED) is 0.155. The molecule has 0 heterocycles. The van der Waals surface area contributed by atoms with Gasteiger partial charge in [0.1, 0.15) is 0 Å². The second-order valence-electron chi connectivity index (χ2n) is 7.96. The van der Waals surface area contributed by atoms with Crippen molar-refractivity contribution in [1.82, 2.24) is 0 Å². The highest BCUT2D eigenvalue weighted by Crippen LogP contribution is 2.13. The van der Waals surface area contributed by atoms with E-state index < -0.39 is 0 Å². The third kappa shape index (κ3) is 23.4. The first kappa shape index (κ1) is 27.4. The van der Waals surface area contributed by atoms with Crippen LogP contribution in [0.15, 0.2) is 0 Å². The molecule has 4 nitrogen and oxygen atoms in total. The van der Waals surface area contributed by atoms with E-state index in [9.17, 15) is 4.79 Å². The number of hydrogen-bond acceptors (Lipinski definition) is 4. The molecule has 168 valence electrons. The largest absolute Gasteiger partial charge is 0.466 e. The molecule has 0 fully saturated rings. The van der Waals surface area contributed by atoms with Crippen LogP contribution in [0.5, 0.6) is 0 Å². The highest BCUT2D eigenvalue weighted by atomic mass is 16.5. The number of carbonyl (C=O) groups is 1. The molecule has 0 amide bonds. The molecular weight excluding hydrogens is 352 g/mol. The van der Waals surface area contributed by atoms with E-state index in [0.29, 0.717) is 32.7 Å². The summed E-state index contributed by atoms with van der Waals surface area (Å²) in [5.74, 6) is -0.0787. The van der Waals surface area contributed by atoms with Gasteiger partial charge in [0.25, 0.3) is 0 Å². The predicted molar refractivity (Wildman–Crippen MR) is 118 cm³/mol. The standard InChI is InChI=1S/C24H48O4/c1-2-3-4-5-6-7-8-9-10-11-12-13-14-15-16-19-24(26)28-23-18-22-27-21-17-20-25/h25H,2-23H2,1H3. The molecule has 0 atom stereocenters. The molecule has 0 aliphatic rings. The van der Waals surface area contributed by atoms with Crippen LogP contribution in [-0.4, -0.2) is 37.5 Å². The highest BCUT2D eigenvalue weighted by Gasteiger charge is 2.02. The maximum Gasteiger partial charge on any atom is 0.305 e. The van der Waals surface area contributed by atoms with Gasteiger partial charge in [-0.25, -0.2) is 0 Å². The fraction of sp³-hybridized carbons (Fsp3) is 0.958. The molecule has 0 radical (unpaired) electrons. The Kier molecular flexibility index (Phi) is 23.9. The van der Waals surface area contributed by atoms with Crippen molar-refractivity contribution in [2.24, 2.45) is 0 Å². The van der Waals surface area contributed by atoms with Gasteiger partial charge in [-0.1, -0.05) is 96.8 Å². The SMILES string of the molecule is CCCCCCCCCCCCCCCCCC(=O)OCCCOCCCO. The van der Waals surface area contributed by atoms with Gasteiger partial charge in [0.2, 0.25) is 0 Å². The van der Waals surface area contributed by atoms with Crippen molar-refractivity contribution in [3.8, 4) is 0 Å². The van der Waals surface area contributed by atoms with Crippen LogP contribution in [0.3, 0.4) is 0 Å². The molecule has 0 bridgehead atoms. The molecule has 0 aromatic rings. The van der Waals surface area contributed by atoms with Crippen LogP contribution in [0, 0.1) is 0 Å². The van der Waals surface area contributed by atoms with Crippen LogP contribution < -0.4 is 0 Å². The molecule has 0 aromatic heterocycles. The van der Waals surface area contributed by atoms with E-state index >= 15 is 0 Å². The number of unbranched alkanes of at least 4 members (excludes halogenated alkanes) is 14. The molecule has 4 heteroatoms. The first-order chi connectivity index (χ1) is 13.8. The van der Waals surface area contributed by atoms with Crippen molar-refractivity contribution in [3.63, 3.8) is 0 Å². The van der Waals surface area contributed by atoms with Gasteiger partial charge >= 0.3 is 5.97 Å². The molecule has 0 saturated heterocycles. The summed E-state index contributed by atoms with van der Waals surface area (Å²) in [5, 5.41) is 8.62. The third-order valence-corrected chi connectivity index (χ3v) is 5.13. The zero-order valence-electron chi connectivity index (χ0n) is 18.7. The van der Waals surface area contributed by atoms with Crippen LogP contribution in [0.4, 0.5) is 0 Å². The van der Waals surface area contributed by atoms with Gasteiger partial charge < -0.3 is 14.6 Å². The zero-order valence-corrected chi connectivity index (χ0v) is 18.7. The van der Waals surface area contributed by atoms with Crippen LogP contribution in [-0.2, 0) is 14.3 Å². The van der Waals surface area contributed by atoms with E-state index in [2.05, 4.69) is 6.92 Å². The van der Waals surface area contributed by atoms with Crippen LogP contribution in [0.25, 0.3) is 0 Å². The summed E-state index contributed by atoms with van der Waals surface area (Å²) in [5.41, 5.74) is 0. The number of ether oxygens (including phenoxy) is 2. The third-order valence-electron chi connectivity index (χ3n) is 5.13. The Morgan fingerprint density at radius 3 is 1.57 bits per heavy atom. The molecule has 0 rings (SSSR count). The van der Waals surface area contributed by atoms with E-state index in [1.807, 2.05) is 0 Å². The Morgan fingerprint density at radius 1 is 0.607 bits per heavy atom. The van der Waals surface area contributed by atoms with Gasteiger partial charge in [-0.2, -0.15) is 0 Å². The number of esters is 1. The average Bonchev–Trinajstić information content (AvgIpc) is 2.70. The molecule has 0 unspecified atom stereocenters. The number of hydrogen-bond donors (Lipinski definition) is 1. The summed E-state index contributed by atoms with van der Waals surface area (Å²) in [6.07, 6.45) is 22.0. The maximum atomic E-state index is 11.6. The zero-order chi connectivity index (χ0) is 20.5. The Morgan fingerprint density at radius 2 is 1.07 bits per heavy atom. The second kappa shape index (κ2) is 24.4. The monoisotopic (exact) mass is 400 g/mol. The van der Waals surface area contributed by atoms with Crippen LogP contribution in [0.2, 0.25) is 0 Å². The lowest BCUT2D eigenvalue weighted by Gasteiger charge is -2.06. The van der Waals surface area contributed by atoms with Gasteiger partial charge in [-0.05, 0) is 12.8 Å². The van der Waals surface area contributed by atoms with Crippen molar-refractivity contribution in [3.05, 3.63) is 0 Å². The number of rotatable bonds is 23. The number of aliphatic hydroxyl groups is 1. The maximum absolute atomic E-state index is 11.6. The molecule has 1 N–H and O–H groups in total. The lowest BCUT2D eigenvalue weighted by atomic mass is 10.0. The average molecular weight is 401 g/mol. The Hall–Kier alpha value is -0.610. The van der Waals surface area contributed by atoms with E-state index in [0.717, 1.165) is 19.3 Å². The normalized spacial score (nSPS) is 11.1. The number of aliphatic hydroxyl groups excluding tert-OH is 1. The molecule has 0 saturated carbocycles. The lowest BCUT2D eigenvalue weighted by molar-refractivity contribution is -0.144. The van der Waals surface area contributed by atoms with E-state index in [-0.39, 0.29) is 12.6 Å². The molecule has 0 spiro atoms. The Balaban J connectivity index is 3.11. The molecule has 0 aliphatic carbocycles. The van der Waals surface area contributed by atoms with Gasteiger partial charge in [0, 0.05) is 32.7 Å². The van der Waals surface area contributed by atoms with Crippen LogP contribution >= 0.6 is 0 Å². The summed E-state index contributed by atoms with van der Waals surface area (Å²) >= 11 is 0. The van der Waals surface area contributed by atoms with E-state index in [1.54, 1.807) is 0 Å². The molecule has 0 aliphatic heterocycles. The molecular formula is C24H48O4. The van der Waals surface area contributed by atoms with Crippen LogP contribution in [0.1, 0.15) is 122 Å². The summed E-state index contributed by atoms with van der Waals surface area (Å²) in [4.78, 5) is 11.6. The van der Waals surface area contributed by atoms with Crippen molar-refractivity contribution >= 4 is 5.97 Å². The summed E-state index contributed by atoms with van der Waals surface area (Å²) in [6.45, 7) is 4.04. The van der Waals surface area contributed by atoms with Crippen molar-refractivity contribution < 1.29 is 19.4 Å². The van der Waals surface area contributed by atoms with Gasteiger partial charge in [0.15, 0.2) is 0 Å². The molecule has 0 aromatic carbocycles. The predicted octanol–water partition coefficient (Wildman–Crippen LogP) is 6.58. The van der Waals surface area contributed by atoms with E-state index in [1.165, 1.54) is 83.5 Å². The first-order valence-corrected chi connectivity index (χ1v) is 12.2. The Labute approximate surface area is 174 Å². The smallest absolute Gasteiger partial charge is 0.305 e. The van der Waals surface area contributed by atoms with Crippen molar-refractivity contribution in [1.29, 1.82) is 0 Å². The summed E-state index contributed by atoms with van der Waals surface area (Å²) < 4.78 is 10.5. The Bertz CT molecular complexity index is 307. The van der Waals surface area contributed by atoms with Gasteiger partial charge in [-0.3, -0.25) is 4.79 Å². The summed E-state index contributed by atoms with van der Waals surface area (Å²) in [6, 6.07) is 0. The minimum Gasteiger partial charge on any atom is -0.466 e. The fourth-order valence-corrected chi connectivity index (χ4v) is 3.33. The lowest BCUT2D eigenvalue weighted by Crippen LogP contribution is -2.08. The molecule has 28 heavy (non-hydrogen) atoms. The minimum absolute atomic E-state index is 0.0787. The van der Waals surface area contributed by atoms with Crippen molar-refractivity contribution in [2.75, 3.05) is 26.4 Å². The van der Waals surface area contributed by atoms with Gasteiger partial charge in [0.05, 0.1) is 6.61 Å². The van der Waals surface area contributed by atoms with Gasteiger partial charge in [-0.15, -0.1) is 0 Å². The minimum atomic E-state index is -0.0787. The second-order valence-corrected chi connectivity index (χ2v) is 7.96.